The normalized spacial score (nSPS) is 16.7. The molecule has 5 nitrogen and oxygen atoms in total. The zero-order valence-corrected chi connectivity index (χ0v) is 12.6. The van der Waals surface area contributed by atoms with E-state index in [9.17, 15) is 18.4 Å². The lowest BCUT2D eigenvalue weighted by atomic mass is 10.1. The van der Waals surface area contributed by atoms with Gasteiger partial charge < -0.3 is 15.0 Å². The fourth-order valence-corrected chi connectivity index (χ4v) is 2.13. The number of amides is 2. The first-order chi connectivity index (χ1) is 11.0. The van der Waals surface area contributed by atoms with Gasteiger partial charge in [0.1, 0.15) is 12.4 Å². The van der Waals surface area contributed by atoms with Gasteiger partial charge in [-0.3, -0.25) is 9.59 Å². The predicted octanol–water partition coefficient (Wildman–Crippen LogP) is 0.941. The van der Waals surface area contributed by atoms with E-state index in [1.54, 1.807) is 7.05 Å². The number of nitrogens with one attached hydrogen (secondary N) is 1. The number of hydrogen-bond donors (Lipinski definition) is 1. The van der Waals surface area contributed by atoms with Crippen LogP contribution in [0.5, 0.6) is 5.75 Å². The van der Waals surface area contributed by atoms with Crippen molar-refractivity contribution in [3.8, 4) is 17.6 Å². The van der Waals surface area contributed by atoms with Gasteiger partial charge in [-0.25, -0.2) is 8.78 Å². The number of benzene rings is 1. The number of likely N-dealkylation sites (tertiary alicyclic amines) is 1. The second-order valence-electron chi connectivity index (χ2n) is 5.11. The first kappa shape index (κ1) is 16.7. The van der Waals surface area contributed by atoms with Crippen LogP contribution in [0.25, 0.3) is 0 Å². The minimum Gasteiger partial charge on any atom is -0.478 e. The van der Waals surface area contributed by atoms with E-state index in [1.165, 1.54) is 11.0 Å². The summed E-state index contributed by atoms with van der Waals surface area (Å²) in [5.74, 6) is 3.09. The average Bonchev–Trinajstić information content (AvgIpc) is 2.84. The number of rotatable bonds is 4. The number of carbonyl (C=O) groups is 2. The highest BCUT2D eigenvalue weighted by Crippen LogP contribution is 2.17. The lowest BCUT2D eigenvalue weighted by molar-refractivity contribution is -0.128. The molecule has 1 unspecified atom stereocenters. The molecule has 0 spiro atoms. The maximum Gasteiger partial charge on any atom is 0.226 e. The zero-order chi connectivity index (χ0) is 16.8. The van der Waals surface area contributed by atoms with Crippen molar-refractivity contribution >= 4 is 11.8 Å². The second-order valence-corrected chi connectivity index (χ2v) is 5.11. The van der Waals surface area contributed by atoms with Crippen LogP contribution in [0.3, 0.4) is 0 Å². The number of halogens is 2. The van der Waals surface area contributed by atoms with Gasteiger partial charge in [0.15, 0.2) is 11.6 Å². The minimum absolute atomic E-state index is 0.0500. The van der Waals surface area contributed by atoms with E-state index in [0.717, 1.165) is 12.1 Å². The molecule has 2 amide bonds. The van der Waals surface area contributed by atoms with Gasteiger partial charge in [-0.05, 0) is 12.1 Å². The third-order valence-corrected chi connectivity index (χ3v) is 3.38. The SMILES string of the molecule is CN1CC(C(=O)NCC#CCOc2ccc(F)cc2F)CC1=O. The van der Waals surface area contributed by atoms with Gasteiger partial charge in [-0.15, -0.1) is 0 Å². The highest BCUT2D eigenvalue weighted by Gasteiger charge is 2.31. The molecule has 1 aliphatic rings. The van der Waals surface area contributed by atoms with Crippen molar-refractivity contribution in [2.24, 2.45) is 5.92 Å². The molecule has 0 aliphatic carbocycles. The molecule has 0 saturated carbocycles. The molecule has 1 saturated heterocycles. The Bertz CT molecular complexity index is 667. The van der Waals surface area contributed by atoms with E-state index < -0.39 is 11.6 Å². The van der Waals surface area contributed by atoms with Gasteiger partial charge in [-0.1, -0.05) is 11.8 Å². The summed E-state index contributed by atoms with van der Waals surface area (Å²) in [5.41, 5.74) is 0. The van der Waals surface area contributed by atoms with Crippen LogP contribution >= 0.6 is 0 Å². The molecule has 1 fully saturated rings. The van der Waals surface area contributed by atoms with E-state index in [0.29, 0.717) is 6.54 Å². The lowest BCUT2D eigenvalue weighted by Crippen LogP contribution is -2.32. The Morgan fingerprint density at radius 1 is 1.43 bits per heavy atom. The quantitative estimate of drug-likeness (QED) is 0.840. The summed E-state index contributed by atoms with van der Waals surface area (Å²) in [6.45, 7) is 0.441. The molecule has 0 radical (unpaired) electrons. The van der Waals surface area contributed by atoms with E-state index in [4.69, 9.17) is 4.74 Å². The number of hydrogen-bond acceptors (Lipinski definition) is 3. The number of carbonyl (C=O) groups excluding carboxylic acids is 2. The standard InChI is InChI=1S/C16H16F2N2O3/c1-20-10-11(8-15(20)21)16(22)19-6-2-3-7-23-14-5-4-12(17)9-13(14)18/h4-5,9,11H,6-8,10H2,1H3,(H,19,22). The van der Waals surface area contributed by atoms with Crippen molar-refractivity contribution in [2.75, 3.05) is 26.7 Å². The van der Waals surface area contributed by atoms with Crippen LogP contribution in [0.15, 0.2) is 18.2 Å². The van der Waals surface area contributed by atoms with Gasteiger partial charge in [0.2, 0.25) is 11.8 Å². The van der Waals surface area contributed by atoms with Crippen molar-refractivity contribution in [2.45, 2.75) is 6.42 Å². The van der Waals surface area contributed by atoms with E-state index in [2.05, 4.69) is 17.2 Å². The highest BCUT2D eigenvalue weighted by atomic mass is 19.1. The van der Waals surface area contributed by atoms with Crippen LogP contribution in [-0.4, -0.2) is 43.5 Å². The monoisotopic (exact) mass is 322 g/mol. The van der Waals surface area contributed by atoms with E-state index in [-0.39, 0.29) is 43.1 Å². The van der Waals surface area contributed by atoms with E-state index >= 15 is 0 Å². The summed E-state index contributed by atoms with van der Waals surface area (Å²) in [4.78, 5) is 24.6. The molecular weight excluding hydrogens is 306 g/mol. The summed E-state index contributed by atoms with van der Waals surface area (Å²) >= 11 is 0. The first-order valence-corrected chi connectivity index (χ1v) is 7.02. The molecule has 1 aliphatic heterocycles. The molecule has 0 aromatic heterocycles. The average molecular weight is 322 g/mol. The van der Waals surface area contributed by atoms with Crippen LogP contribution < -0.4 is 10.1 Å². The van der Waals surface area contributed by atoms with Crippen molar-refractivity contribution in [3.05, 3.63) is 29.8 Å². The third-order valence-electron chi connectivity index (χ3n) is 3.38. The van der Waals surface area contributed by atoms with Gasteiger partial charge >= 0.3 is 0 Å². The van der Waals surface area contributed by atoms with Crippen LogP contribution in [-0.2, 0) is 9.59 Å². The Morgan fingerprint density at radius 3 is 2.87 bits per heavy atom. The maximum absolute atomic E-state index is 13.3. The molecule has 1 aromatic carbocycles. The molecule has 7 heteroatoms. The van der Waals surface area contributed by atoms with Gasteiger partial charge in [-0.2, -0.15) is 0 Å². The van der Waals surface area contributed by atoms with Crippen LogP contribution in [0.2, 0.25) is 0 Å². The summed E-state index contributed by atoms with van der Waals surface area (Å²) in [6, 6.07) is 3.00. The Labute approximate surface area is 132 Å². The van der Waals surface area contributed by atoms with Crippen molar-refractivity contribution in [1.29, 1.82) is 0 Å². The lowest BCUT2D eigenvalue weighted by Gasteiger charge is -2.09. The molecule has 2 rings (SSSR count). The fraction of sp³-hybridized carbons (Fsp3) is 0.375. The molecule has 122 valence electrons. The largest absolute Gasteiger partial charge is 0.478 e. The minimum atomic E-state index is -0.796. The van der Waals surface area contributed by atoms with Gasteiger partial charge in [0.25, 0.3) is 0 Å². The summed E-state index contributed by atoms with van der Waals surface area (Å²) in [6.07, 6.45) is 0.211. The van der Waals surface area contributed by atoms with Crippen molar-refractivity contribution in [1.82, 2.24) is 10.2 Å². The molecule has 1 N–H and O–H groups in total. The molecule has 1 heterocycles. The van der Waals surface area contributed by atoms with Crippen molar-refractivity contribution in [3.63, 3.8) is 0 Å². The summed E-state index contributed by atoms with van der Waals surface area (Å²) < 4.78 is 31.0. The number of nitrogens with zero attached hydrogens (tertiary/aromatic N) is 1. The Hall–Kier alpha value is -2.62. The Kier molecular flexibility index (Phi) is 5.52. The zero-order valence-electron chi connectivity index (χ0n) is 12.6. The molecule has 1 aromatic rings. The number of ether oxygens (including phenoxy) is 1. The highest BCUT2D eigenvalue weighted by molar-refractivity contribution is 5.89. The molecule has 23 heavy (non-hydrogen) atoms. The van der Waals surface area contributed by atoms with E-state index in [1.807, 2.05) is 0 Å². The van der Waals surface area contributed by atoms with Crippen molar-refractivity contribution < 1.29 is 23.1 Å². The second kappa shape index (κ2) is 7.58. The van der Waals surface area contributed by atoms with Gasteiger partial charge in [0, 0.05) is 26.1 Å². The maximum atomic E-state index is 13.3. The summed E-state index contributed by atoms with van der Waals surface area (Å²) in [5, 5.41) is 2.61. The van der Waals surface area contributed by atoms with Crippen LogP contribution in [0, 0.1) is 29.4 Å². The third kappa shape index (κ3) is 4.68. The van der Waals surface area contributed by atoms with Crippen LogP contribution in [0.1, 0.15) is 6.42 Å². The molecule has 0 bridgehead atoms. The van der Waals surface area contributed by atoms with Crippen LogP contribution in [0.4, 0.5) is 8.78 Å². The summed E-state index contributed by atoms with van der Waals surface area (Å²) in [7, 11) is 1.65. The molecular formula is C16H16F2N2O3. The fourth-order valence-electron chi connectivity index (χ4n) is 2.13. The predicted molar refractivity (Wildman–Crippen MR) is 78.4 cm³/mol. The van der Waals surface area contributed by atoms with Gasteiger partial charge in [0.05, 0.1) is 12.5 Å². The molecule has 1 atom stereocenters. The Balaban J connectivity index is 1.70. The Morgan fingerprint density at radius 2 is 2.22 bits per heavy atom. The topological polar surface area (TPSA) is 58.6 Å². The smallest absolute Gasteiger partial charge is 0.226 e. The first-order valence-electron chi connectivity index (χ1n) is 7.02.